The van der Waals surface area contributed by atoms with Gasteiger partial charge in [0.1, 0.15) is 11.3 Å². The van der Waals surface area contributed by atoms with Gasteiger partial charge in [0.25, 0.3) is 5.56 Å². The monoisotopic (exact) mass is 468 g/mol. The van der Waals surface area contributed by atoms with Crippen LogP contribution in [0.15, 0.2) is 46.1 Å². The SMILES string of the molecule is CCc1[nH][nH]c(=O)c1C(=O)c1ccc(S(C)(=O)=O)c(-c2ccc(OC(F)(F)F)cc2)c1C. The van der Waals surface area contributed by atoms with Crippen LogP contribution in [0.4, 0.5) is 13.2 Å². The molecule has 0 atom stereocenters. The second-order valence-corrected chi connectivity index (χ2v) is 9.06. The van der Waals surface area contributed by atoms with Gasteiger partial charge in [-0.2, -0.15) is 0 Å². The van der Waals surface area contributed by atoms with E-state index in [0.29, 0.717) is 12.1 Å². The fourth-order valence-corrected chi connectivity index (χ4v) is 4.42. The highest BCUT2D eigenvalue weighted by molar-refractivity contribution is 7.90. The Hall–Kier alpha value is -3.34. The number of alkyl halides is 3. The average Bonchev–Trinajstić information content (AvgIpc) is 3.06. The maximum absolute atomic E-state index is 13.1. The molecule has 0 aliphatic carbocycles. The lowest BCUT2D eigenvalue weighted by atomic mass is 9.92. The molecule has 0 fully saturated rings. The molecule has 3 rings (SSSR count). The van der Waals surface area contributed by atoms with Crippen molar-refractivity contribution in [2.45, 2.75) is 31.5 Å². The number of aromatic nitrogens is 2. The van der Waals surface area contributed by atoms with E-state index in [1.165, 1.54) is 31.2 Å². The quantitative estimate of drug-likeness (QED) is 0.536. The molecule has 32 heavy (non-hydrogen) atoms. The number of hydrogen-bond donors (Lipinski definition) is 2. The third-order valence-corrected chi connectivity index (χ3v) is 6.02. The Kier molecular flexibility index (Phi) is 6.05. The van der Waals surface area contributed by atoms with Crippen LogP contribution in [0.2, 0.25) is 0 Å². The number of halogens is 3. The summed E-state index contributed by atoms with van der Waals surface area (Å²) < 4.78 is 66.0. The summed E-state index contributed by atoms with van der Waals surface area (Å²) in [4.78, 5) is 25.2. The zero-order valence-electron chi connectivity index (χ0n) is 17.3. The molecule has 0 saturated carbocycles. The highest BCUT2D eigenvalue weighted by Crippen LogP contribution is 2.35. The number of hydrogen-bond acceptors (Lipinski definition) is 5. The second-order valence-electron chi connectivity index (χ2n) is 7.07. The maximum Gasteiger partial charge on any atom is 0.573 e. The third-order valence-electron chi connectivity index (χ3n) is 4.88. The van der Waals surface area contributed by atoms with E-state index in [1.54, 1.807) is 6.92 Å². The normalized spacial score (nSPS) is 12.1. The lowest BCUT2D eigenvalue weighted by Crippen LogP contribution is -2.17. The van der Waals surface area contributed by atoms with Crippen molar-refractivity contribution < 1.29 is 31.1 Å². The van der Waals surface area contributed by atoms with E-state index in [1.807, 2.05) is 0 Å². The Bertz CT molecular complexity index is 1340. The van der Waals surface area contributed by atoms with Crippen LogP contribution >= 0.6 is 0 Å². The first-order chi connectivity index (χ1) is 14.8. The second kappa shape index (κ2) is 8.30. The molecule has 1 heterocycles. The first-order valence-electron chi connectivity index (χ1n) is 9.37. The van der Waals surface area contributed by atoms with Crippen LogP contribution in [0, 0.1) is 6.92 Å². The number of ketones is 1. The summed E-state index contributed by atoms with van der Waals surface area (Å²) >= 11 is 0. The lowest BCUT2D eigenvalue weighted by Gasteiger charge is -2.16. The van der Waals surface area contributed by atoms with Gasteiger partial charge in [0.15, 0.2) is 9.84 Å². The molecule has 0 amide bonds. The molecule has 3 aromatic rings. The fourth-order valence-electron chi connectivity index (χ4n) is 3.46. The van der Waals surface area contributed by atoms with E-state index in [4.69, 9.17) is 0 Å². The number of sulfone groups is 1. The summed E-state index contributed by atoms with van der Waals surface area (Å²) in [6, 6.07) is 7.21. The van der Waals surface area contributed by atoms with Gasteiger partial charge in [-0.05, 0) is 48.7 Å². The number of nitrogens with one attached hydrogen (secondary N) is 2. The van der Waals surface area contributed by atoms with Crippen LogP contribution in [-0.2, 0) is 16.3 Å². The Morgan fingerprint density at radius 3 is 2.22 bits per heavy atom. The molecule has 0 spiro atoms. The molecule has 11 heteroatoms. The molecular formula is C21H19F3N2O5S. The molecule has 0 saturated heterocycles. The highest BCUT2D eigenvalue weighted by atomic mass is 32.2. The zero-order valence-corrected chi connectivity index (χ0v) is 18.1. The minimum Gasteiger partial charge on any atom is -0.406 e. The molecule has 0 aliphatic rings. The summed E-state index contributed by atoms with van der Waals surface area (Å²) in [5, 5.41) is 5.00. The van der Waals surface area contributed by atoms with Crippen molar-refractivity contribution in [1.82, 2.24) is 10.2 Å². The highest BCUT2D eigenvalue weighted by Gasteiger charge is 2.31. The van der Waals surface area contributed by atoms with Gasteiger partial charge in [0, 0.05) is 23.1 Å². The molecule has 2 N–H and O–H groups in total. The summed E-state index contributed by atoms with van der Waals surface area (Å²) in [6.45, 7) is 3.27. The van der Waals surface area contributed by atoms with Crippen molar-refractivity contribution in [3.63, 3.8) is 0 Å². The molecule has 170 valence electrons. The number of ether oxygens (including phenoxy) is 1. The Balaban J connectivity index is 2.20. The summed E-state index contributed by atoms with van der Waals surface area (Å²) in [5.74, 6) is -1.07. The van der Waals surface area contributed by atoms with E-state index in [0.717, 1.165) is 18.4 Å². The van der Waals surface area contributed by atoms with Crippen LogP contribution in [0.3, 0.4) is 0 Å². The maximum atomic E-state index is 13.1. The largest absolute Gasteiger partial charge is 0.573 e. The summed E-state index contributed by atoms with van der Waals surface area (Å²) in [6.07, 6.45) is -3.50. The molecule has 2 aromatic carbocycles. The van der Waals surface area contributed by atoms with Crippen molar-refractivity contribution in [2.24, 2.45) is 0 Å². The van der Waals surface area contributed by atoms with Gasteiger partial charge >= 0.3 is 6.36 Å². The van der Waals surface area contributed by atoms with Crippen molar-refractivity contribution in [3.8, 4) is 16.9 Å². The topological polar surface area (TPSA) is 109 Å². The van der Waals surface area contributed by atoms with Crippen LogP contribution in [0.25, 0.3) is 11.1 Å². The molecule has 0 aliphatic heterocycles. The van der Waals surface area contributed by atoms with Gasteiger partial charge in [-0.15, -0.1) is 13.2 Å². The molecule has 7 nitrogen and oxygen atoms in total. The van der Waals surface area contributed by atoms with Gasteiger partial charge in [0.2, 0.25) is 5.78 Å². The van der Waals surface area contributed by atoms with Crippen LogP contribution in [-0.4, -0.2) is 37.0 Å². The standard InChI is InChI=1S/C21H19F3N2O5S/c1-4-15-18(20(28)26-25-15)19(27)14-9-10-16(32(3,29)30)17(11(14)2)12-5-7-13(8-6-12)31-21(22,23)24/h5-10H,4H2,1-3H3,(H2,25,26,28). The minimum atomic E-state index is -4.87. The zero-order chi connectivity index (χ0) is 23.8. The smallest absolute Gasteiger partial charge is 0.406 e. The van der Waals surface area contributed by atoms with Gasteiger partial charge in [-0.3, -0.25) is 14.7 Å². The van der Waals surface area contributed by atoms with E-state index in [-0.39, 0.29) is 32.7 Å². The first-order valence-corrected chi connectivity index (χ1v) is 11.3. The van der Waals surface area contributed by atoms with E-state index >= 15 is 0 Å². The average molecular weight is 468 g/mol. The first kappa shape index (κ1) is 23.3. The number of rotatable bonds is 6. The molecular weight excluding hydrogens is 449 g/mol. The van der Waals surface area contributed by atoms with E-state index in [9.17, 15) is 31.2 Å². The number of H-pyrrole nitrogens is 2. The predicted molar refractivity (Wildman–Crippen MR) is 111 cm³/mol. The number of carbonyl (C=O) groups is 1. The van der Waals surface area contributed by atoms with Crippen molar-refractivity contribution in [1.29, 1.82) is 0 Å². The van der Waals surface area contributed by atoms with Crippen molar-refractivity contribution >= 4 is 15.6 Å². The molecule has 0 unspecified atom stereocenters. The Morgan fingerprint density at radius 1 is 1.06 bits per heavy atom. The minimum absolute atomic E-state index is 0.0809. The number of aryl methyl sites for hydroxylation is 1. The number of benzene rings is 2. The number of carbonyl (C=O) groups excluding carboxylic acids is 1. The Morgan fingerprint density at radius 2 is 1.69 bits per heavy atom. The summed E-state index contributed by atoms with van der Waals surface area (Å²) in [7, 11) is -3.76. The Labute approximate surface area is 181 Å². The van der Waals surface area contributed by atoms with Crippen LogP contribution in [0.1, 0.15) is 34.1 Å². The molecule has 0 bridgehead atoms. The summed E-state index contributed by atoms with van der Waals surface area (Å²) in [5.41, 5.74) is 0.513. The lowest BCUT2D eigenvalue weighted by molar-refractivity contribution is -0.274. The van der Waals surface area contributed by atoms with Gasteiger partial charge in [0.05, 0.1) is 4.90 Å². The van der Waals surface area contributed by atoms with E-state index < -0.39 is 33.3 Å². The number of aromatic amines is 2. The van der Waals surface area contributed by atoms with Gasteiger partial charge in [-0.25, -0.2) is 8.42 Å². The molecule has 0 radical (unpaired) electrons. The van der Waals surface area contributed by atoms with Crippen molar-refractivity contribution in [2.75, 3.05) is 6.26 Å². The third kappa shape index (κ3) is 4.62. The van der Waals surface area contributed by atoms with Crippen LogP contribution < -0.4 is 10.3 Å². The molecule has 1 aromatic heterocycles. The van der Waals surface area contributed by atoms with E-state index in [2.05, 4.69) is 14.9 Å². The van der Waals surface area contributed by atoms with Crippen molar-refractivity contribution in [3.05, 3.63) is 69.1 Å². The van der Waals surface area contributed by atoms with Gasteiger partial charge < -0.3 is 9.84 Å². The predicted octanol–water partition coefficient (Wildman–Crippen LogP) is 3.77. The fraction of sp³-hybridized carbons (Fsp3) is 0.238. The van der Waals surface area contributed by atoms with Crippen LogP contribution in [0.5, 0.6) is 5.75 Å². The van der Waals surface area contributed by atoms with Gasteiger partial charge in [-0.1, -0.05) is 19.1 Å².